The molecule has 0 fully saturated rings. The zero-order valence-electron chi connectivity index (χ0n) is 5.68. The summed E-state index contributed by atoms with van der Waals surface area (Å²) in [6.07, 6.45) is 3.46. The third-order valence-electron chi connectivity index (χ3n) is 0.874. The van der Waals surface area contributed by atoms with Crippen molar-refractivity contribution in [3.05, 3.63) is 0 Å². The molecule has 0 atom stereocenters. The zero-order valence-corrected chi connectivity index (χ0v) is 5.68. The Morgan fingerprint density at radius 3 is 2.89 bits per heavy atom. The molecule has 9 heavy (non-hydrogen) atoms. The SMILES string of the molecule is CCOCCCC#CO. The van der Waals surface area contributed by atoms with Gasteiger partial charge >= 0.3 is 0 Å². The monoisotopic (exact) mass is 128 g/mol. The molecule has 0 aliphatic heterocycles. The molecule has 2 heteroatoms. The lowest BCUT2D eigenvalue weighted by Gasteiger charge is -1.94. The lowest BCUT2D eigenvalue weighted by atomic mass is 10.3. The minimum Gasteiger partial charge on any atom is -0.462 e. The van der Waals surface area contributed by atoms with Crippen molar-refractivity contribution >= 4 is 0 Å². The predicted octanol–water partition coefficient (Wildman–Crippen LogP) is 1.14. The second-order valence-corrected chi connectivity index (χ2v) is 1.59. The van der Waals surface area contributed by atoms with Gasteiger partial charge in [0.1, 0.15) is 6.11 Å². The topological polar surface area (TPSA) is 29.5 Å². The maximum Gasteiger partial charge on any atom is 0.107 e. The molecule has 0 heterocycles. The van der Waals surface area contributed by atoms with Crippen LogP contribution in [0, 0.1) is 12.0 Å². The van der Waals surface area contributed by atoms with E-state index in [-0.39, 0.29) is 0 Å². The van der Waals surface area contributed by atoms with Crippen molar-refractivity contribution in [1.29, 1.82) is 0 Å². The van der Waals surface area contributed by atoms with Gasteiger partial charge in [0.05, 0.1) is 0 Å². The molecule has 2 nitrogen and oxygen atoms in total. The van der Waals surface area contributed by atoms with E-state index in [1.165, 1.54) is 0 Å². The molecule has 0 aromatic heterocycles. The van der Waals surface area contributed by atoms with Gasteiger partial charge in [-0.05, 0) is 13.3 Å². The van der Waals surface area contributed by atoms with Crippen LogP contribution in [0.2, 0.25) is 0 Å². The molecule has 0 unspecified atom stereocenters. The fourth-order valence-corrected chi connectivity index (χ4v) is 0.463. The number of aliphatic hydroxyl groups is 1. The molecule has 0 aliphatic rings. The van der Waals surface area contributed by atoms with E-state index < -0.39 is 0 Å². The summed E-state index contributed by atoms with van der Waals surface area (Å²) in [5, 5.41) is 8.02. The van der Waals surface area contributed by atoms with Crippen molar-refractivity contribution in [1.82, 2.24) is 0 Å². The lowest BCUT2D eigenvalue weighted by Crippen LogP contribution is -1.91. The van der Waals surface area contributed by atoms with Gasteiger partial charge in [0.2, 0.25) is 0 Å². The Morgan fingerprint density at radius 1 is 1.56 bits per heavy atom. The van der Waals surface area contributed by atoms with Crippen LogP contribution in [0.15, 0.2) is 0 Å². The largest absolute Gasteiger partial charge is 0.462 e. The summed E-state index contributed by atoms with van der Waals surface area (Å²) in [5.41, 5.74) is 0. The first-order valence-corrected chi connectivity index (χ1v) is 3.11. The standard InChI is InChI=1S/C7H12O2/c1-2-9-7-5-3-4-6-8/h8H,2-3,5,7H2,1H3. The lowest BCUT2D eigenvalue weighted by molar-refractivity contribution is 0.146. The fraction of sp³-hybridized carbons (Fsp3) is 0.714. The van der Waals surface area contributed by atoms with E-state index in [1.54, 1.807) is 0 Å². The van der Waals surface area contributed by atoms with Crippen LogP contribution in [-0.2, 0) is 4.74 Å². The molecular weight excluding hydrogens is 116 g/mol. The molecule has 0 saturated carbocycles. The van der Waals surface area contributed by atoms with Crippen molar-refractivity contribution in [3.8, 4) is 12.0 Å². The van der Waals surface area contributed by atoms with Gasteiger partial charge in [0.25, 0.3) is 0 Å². The summed E-state index contributed by atoms with van der Waals surface area (Å²) in [4.78, 5) is 0. The van der Waals surface area contributed by atoms with Crippen LogP contribution in [0.3, 0.4) is 0 Å². The maximum atomic E-state index is 8.02. The smallest absolute Gasteiger partial charge is 0.107 e. The Kier molecular flexibility index (Phi) is 6.77. The Balaban J connectivity index is 2.80. The Hall–Kier alpha value is -0.680. The van der Waals surface area contributed by atoms with E-state index >= 15 is 0 Å². The third kappa shape index (κ3) is 7.32. The highest BCUT2D eigenvalue weighted by Crippen LogP contribution is 1.86. The molecule has 0 spiro atoms. The van der Waals surface area contributed by atoms with E-state index in [9.17, 15) is 0 Å². The Morgan fingerprint density at radius 2 is 2.33 bits per heavy atom. The minimum absolute atomic E-state index is 0.719. The Labute approximate surface area is 55.8 Å². The minimum atomic E-state index is 0.719. The van der Waals surface area contributed by atoms with Gasteiger partial charge in [-0.15, -0.1) is 0 Å². The molecule has 1 N–H and O–H groups in total. The second kappa shape index (κ2) is 7.32. The molecule has 0 amide bonds. The third-order valence-corrected chi connectivity index (χ3v) is 0.874. The van der Waals surface area contributed by atoms with Gasteiger partial charge in [-0.25, -0.2) is 0 Å². The average molecular weight is 128 g/mol. The quantitative estimate of drug-likeness (QED) is 0.454. The summed E-state index contributed by atoms with van der Waals surface area (Å²) in [6.45, 7) is 3.45. The van der Waals surface area contributed by atoms with Crippen molar-refractivity contribution < 1.29 is 9.84 Å². The molecule has 0 aliphatic carbocycles. The van der Waals surface area contributed by atoms with Gasteiger partial charge in [-0.2, -0.15) is 0 Å². The van der Waals surface area contributed by atoms with Crippen LogP contribution < -0.4 is 0 Å². The average Bonchev–Trinajstić information content (AvgIpc) is 1.89. The molecule has 52 valence electrons. The number of ether oxygens (including phenoxy) is 1. The first kappa shape index (κ1) is 8.32. The van der Waals surface area contributed by atoms with Crippen molar-refractivity contribution in [3.63, 3.8) is 0 Å². The summed E-state index contributed by atoms with van der Waals surface area (Å²) < 4.78 is 5.03. The van der Waals surface area contributed by atoms with Crippen molar-refractivity contribution in [2.24, 2.45) is 0 Å². The molecule has 0 aromatic rings. The zero-order chi connectivity index (χ0) is 6.95. The van der Waals surface area contributed by atoms with Crippen LogP contribution in [0.25, 0.3) is 0 Å². The highest BCUT2D eigenvalue weighted by Gasteiger charge is 1.81. The second-order valence-electron chi connectivity index (χ2n) is 1.59. The van der Waals surface area contributed by atoms with Crippen LogP contribution in [0.1, 0.15) is 19.8 Å². The number of hydrogen-bond acceptors (Lipinski definition) is 2. The maximum absolute atomic E-state index is 8.02. The first-order chi connectivity index (χ1) is 4.41. The van der Waals surface area contributed by atoms with Crippen LogP contribution in [0.5, 0.6) is 0 Å². The van der Waals surface area contributed by atoms with E-state index in [0.717, 1.165) is 26.1 Å². The molecule has 0 radical (unpaired) electrons. The van der Waals surface area contributed by atoms with Crippen LogP contribution in [0.4, 0.5) is 0 Å². The molecule has 0 aromatic carbocycles. The molecule has 0 rings (SSSR count). The van der Waals surface area contributed by atoms with Crippen LogP contribution >= 0.6 is 0 Å². The van der Waals surface area contributed by atoms with Gasteiger partial charge < -0.3 is 9.84 Å². The van der Waals surface area contributed by atoms with Gasteiger partial charge in [-0.3, -0.25) is 0 Å². The van der Waals surface area contributed by atoms with E-state index in [0.29, 0.717) is 0 Å². The molecular formula is C7H12O2. The predicted molar refractivity (Wildman–Crippen MR) is 35.4 cm³/mol. The molecule has 0 bridgehead atoms. The van der Waals surface area contributed by atoms with Crippen LogP contribution in [-0.4, -0.2) is 18.3 Å². The van der Waals surface area contributed by atoms with Gasteiger partial charge in [-0.1, -0.05) is 5.92 Å². The number of rotatable bonds is 4. The Bertz CT molecular complexity index is 99.2. The van der Waals surface area contributed by atoms with E-state index in [2.05, 4.69) is 5.92 Å². The summed E-state index contributed by atoms with van der Waals surface area (Å²) in [7, 11) is 0. The number of unbranched alkanes of at least 4 members (excludes halogenated alkanes) is 1. The van der Waals surface area contributed by atoms with Crippen molar-refractivity contribution in [2.45, 2.75) is 19.8 Å². The molecule has 0 saturated heterocycles. The number of aliphatic hydroxyl groups excluding tert-OH is 1. The van der Waals surface area contributed by atoms with Crippen molar-refractivity contribution in [2.75, 3.05) is 13.2 Å². The number of hydrogen-bond donors (Lipinski definition) is 1. The normalized spacial score (nSPS) is 8.11. The van der Waals surface area contributed by atoms with Gasteiger partial charge in [0.15, 0.2) is 0 Å². The first-order valence-electron chi connectivity index (χ1n) is 3.11. The van der Waals surface area contributed by atoms with E-state index in [4.69, 9.17) is 9.84 Å². The summed E-state index contributed by atoms with van der Waals surface area (Å²) in [6, 6.07) is 0. The van der Waals surface area contributed by atoms with E-state index in [1.807, 2.05) is 13.0 Å². The summed E-state index contributed by atoms with van der Waals surface area (Å²) in [5.74, 6) is 2.53. The highest BCUT2D eigenvalue weighted by atomic mass is 16.5. The highest BCUT2D eigenvalue weighted by molar-refractivity contribution is 4.88. The van der Waals surface area contributed by atoms with Gasteiger partial charge in [0, 0.05) is 19.6 Å². The fourth-order valence-electron chi connectivity index (χ4n) is 0.463. The summed E-state index contributed by atoms with van der Waals surface area (Å²) >= 11 is 0.